The predicted molar refractivity (Wildman–Crippen MR) is 96.5 cm³/mol. The van der Waals surface area contributed by atoms with Gasteiger partial charge in [0.2, 0.25) is 0 Å². The third-order valence-corrected chi connectivity index (χ3v) is 6.62. The highest BCUT2D eigenvalue weighted by molar-refractivity contribution is 7.38. The molecule has 0 aromatic rings. The molecule has 0 amide bonds. The maximum atomic E-state index is 2.31. The molecule has 1 fully saturated rings. The molecule has 0 bridgehead atoms. The van der Waals surface area contributed by atoms with Gasteiger partial charge < -0.3 is 0 Å². The second-order valence-electron chi connectivity index (χ2n) is 6.82. The summed E-state index contributed by atoms with van der Waals surface area (Å²) < 4.78 is 0. The lowest BCUT2D eigenvalue weighted by molar-refractivity contribution is 0.508. The first kappa shape index (κ1) is 18.5. The van der Waals surface area contributed by atoms with Gasteiger partial charge in [-0.3, -0.25) is 0 Å². The van der Waals surface area contributed by atoms with Crippen LogP contribution in [-0.4, -0.2) is 11.8 Å². The predicted octanol–water partition coefficient (Wildman–Crippen LogP) is 7.31. The third kappa shape index (κ3) is 11.1. The summed E-state index contributed by atoms with van der Waals surface area (Å²) >= 11 is 0. The molecule has 1 atom stereocenters. The minimum Gasteiger partial charge on any atom is -0.119 e. The second kappa shape index (κ2) is 14.4. The number of hydrogen-bond donors (Lipinski definition) is 0. The smallest absolute Gasteiger partial charge is 0.0237 e. The molecule has 0 aromatic carbocycles. The Labute approximate surface area is 130 Å². The van der Waals surface area contributed by atoms with Crippen LogP contribution in [0.25, 0.3) is 0 Å². The molecule has 1 aliphatic rings. The van der Waals surface area contributed by atoms with E-state index in [0.717, 1.165) is 5.66 Å². The summed E-state index contributed by atoms with van der Waals surface area (Å²) in [5, 5.41) is 0. The average Bonchev–Trinajstić information content (AvgIpc) is 2.45. The SMILES string of the molecule is CCCCCCCPC1CCCCCCCCCCC1. The van der Waals surface area contributed by atoms with Crippen molar-refractivity contribution in [2.24, 2.45) is 0 Å². The fourth-order valence-corrected chi connectivity index (χ4v) is 5.08. The second-order valence-corrected chi connectivity index (χ2v) is 8.55. The van der Waals surface area contributed by atoms with Gasteiger partial charge in [-0.15, -0.1) is 8.58 Å². The molecule has 0 saturated heterocycles. The van der Waals surface area contributed by atoms with Crippen molar-refractivity contribution in [3.63, 3.8) is 0 Å². The summed E-state index contributed by atoms with van der Waals surface area (Å²) in [6.45, 7) is 2.31. The van der Waals surface area contributed by atoms with Crippen LogP contribution < -0.4 is 0 Å². The summed E-state index contributed by atoms with van der Waals surface area (Å²) in [6.07, 6.45) is 25.5. The molecule has 0 radical (unpaired) electrons. The van der Waals surface area contributed by atoms with E-state index in [4.69, 9.17) is 0 Å². The zero-order valence-electron chi connectivity index (χ0n) is 14.1. The topological polar surface area (TPSA) is 0 Å². The Morgan fingerprint density at radius 2 is 1.15 bits per heavy atom. The first-order chi connectivity index (χ1) is 9.93. The van der Waals surface area contributed by atoms with Gasteiger partial charge in [-0.05, 0) is 31.1 Å². The summed E-state index contributed by atoms with van der Waals surface area (Å²) in [5.74, 6) is 0. The molecule has 1 heteroatoms. The highest BCUT2D eigenvalue weighted by Gasteiger charge is 2.09. The molecule has 1 unspecified atom stereocenters. The van der Waals surface area contributed by atoms with E-state index >= 15 is 0 Å². The molecule has 0 nitrogen and oxygen atoms in total. The zero-order valence-corrected chi connectivity index (χ0v) is 15.1. The molecule has 0 aliphatic heterocycles. The zero-order chi connectivity index (χ0) is 14.3. The Morgan fingerprint density at radius 1 is 0.650 bits per heavy atom. The first-order valence-electron chi connectivity index (χ1n) is 9.67. The van der Waals surface area contributed by atoms with Crippen LogP contribution in [0.2, 0.25) is 0 Å². The maximum absolute atomic E-state index is 2.31. The standard InChI is InChI=1S/C19H39P/c1-2-3-4-12-15-18-20-19-16-13-10-8-6-5-7-9-11-14-17-19/h19-20H,2-18H2,1H3. The van der Waals surface area contributed by atoms with Crippen molar-refractivity contribution in [2.45, 2.75) is 115 Å². The van der Waals surface area contributed by atoms with Gasteiger partial charge in [0.25, 0.3) is 0 Å². The molecule has 0 spiro atoms. The molecule has 0 aromatic heterocycles. The van der Waals surface area contributed by atoms with Gasteiger partial charge >= 0.3 is 0 Å². The molecular formula is C19H39P. The molecule has 20 heavy (non-hydrogen) atoms. The van der Waals surface area contributed by atoms with Gasteiger partial charge in [0.1, 0.15) is 0 Å². The number of hydrogen-bond acceptors (Lipinski definition) is 0. The van der Waals surface area contributed by atoms with Gasteiger partial charge in [0.15, 0.2) is 0 Å². The van der Waals surface area contributed by atoms with Crippen LogP contribution in [-0.2, 0) is 0 Å². The molecule has 1 saturated carbocycles. The van der Waals surface area contributed by atoms with Gasteiger partial charge in [0, 0.05) is 0 Å². The highest BCUT2D eigenvalue weighted by Crippen LogP contribution is 2.31. The van der Waals surface area contributed by atoms with Crippen LogP contribution in [0, 0.1) is 0 Å². The molecule has 120 valence electrons. The summed E-state index contributed by atoms with van der Waals surface area (Å²) in [4.78, 5) is 0. The molecule has 1 rings (SSSR count). The van der Waals surface area contributed by atoms with Crippen molar-refractivity contribution in [2.75, 3.05) is 6.16 Å². The number of rotatable bonds is 7. The quantitative estimate of drug-likeness (QED) is 0.341. The van der Waals surface area contributed by atoms with E-state index in [9.17, 15) is 0 Å². The van der Waals surface area contributed by atoms with Crippen molar-refractivity contribution in [3.8, 4) is 0 Å². The fraction of sp³-hybridized carbons (Fsp3) is 1.00. The summed E-state index contributed by atoms with van der Waals surface area (Å²) in [5.41, 5.74) is 1.10. The average molecular weight is 298 g/mol. The Bertz CT molecular complexity index is 178. The largest absolute Gasteiger partial charge is 0.119 e. The van der Waals surface area contributed by atoms with E-state index in [-0.39, 0.29) is 0 Å². The van der Waals surface area contributed by atoms with Crippen LogP contribution in [0.5, 0.6) is 0 Å². The minimum absolute atomic E-state index is 1.10. The highest BCUT2D eigenvalue weighted by atomic mass is 31.1. The van der Waals surface area contributed by atoms with Crippen molar-refractivity contribution >= 4 is 8.58 Å². The lowest BCUT2D eigenvalue weighted by Crippen LogP contribution is -2.03. The Hall–Kier alpha value is 0.430. The summed E-state index contributed by atoms with van der Waals surface area (Å²) in [6, 6.07) is 0. The van der Waals surface area contributed by atoms with Gasteiger partial charge in [-0.2, -0.15) is 0 Å². The molecule has 1 aliphatic carbocycles. The van der Waals surface area contributed by atoms with Gasteiger partial charge in [0.05, 0.1) is 0 Å². The van der Waals surface area contributed by atoms with Crippen LogP contribution in [0.15, 0.2) is 0 Å². The maximum Gasteiger partial charge on any atom is -0.0237 e. The van der Waals surface area contributed by atoms with E-state index in [1.54, 1.807) is 12.8 Å². The van der Waals surface area contributed by atoms with Crippen molar-refractivity contribution in [1.82, 2.24) is 0 Å². The molecule has 0 N–H and O–H groups in total. The van der Waals surface area contributed by atoms with Crippen LogP contribution >= 0.6 is 8.58 Å². The van der Waals surface area contributed by atoms with Crippen LogP contribution in [0.4, 0.5) is 0 Å². The van der Waals surface area contributed by atoms with Crippen LogP contribution in [0.3, 0.4) is 0 Å². The Balaban J connectivity index is 2.08. The monoisotopic (exact) mass is 298 g/mol. The minimum atomic E-state index is 1.10. The lowest BCUT2D eigenvalue weighted by Gasteiger charge is -2.18. The van der Waals surface area contributed by atoms with E-state index in [0.29, 0.717) is 0 Å². The van der Waals surface area contributed by atoms with E-state index in [1.807, 2.05) is 0 Å². The normalized spacial score (nSPS) is 20.9. The first-order valence-corrected chi connectivity index (χ1v) is 11.0. The van der Waals surface area contributed by atoms with Gasteiger partial charge in [-0.1, -0.05) is 90.4 Å². The fourth-order valence-electron chi connectivity index (χ4n) is 3.40. The van der Waals surface area contributed by atoms with E-state index in [2.05, 4.69) is 6.92 Å². The molecular weight excluding hydrogens is 259 g/mol. The molecule has 0 heterocycles. The van der Waals surface area contributed by atoms with E-state index in [1.165, 1.54) is 105 Å². The van der Waals surface area contributed by atoms with Crippen LogP contribution in [0.1, 0.15) is 110 Å². The lowest BCUT2D eigenvalue weighted by atomic mass is 10.0. The Morgan fingerprint density at radius 3 is 1.70 bits per heavy atom. The Kier molecular flexibility index (Phi) is 13.3. The number of unbranched alkanes of at least 4 members (excludes halogenated alkanes) is 4. The van der Waals surface area contributed by atoms with Crippen molar-refractivity contribution in [1.29, 1.82) is 0 Å². The van der Waals surface area contributed by atoms with Crippen molar-refractivity contribution < 1.29 is 0 Å². The van der Waals surface area contributed by atoms with Crippen molar-refractivity contribution in [3.05, 3.63) is 0 Å². The van der Waals surface area contributed by atoms with E-state index < -0.39 is 0 Å². The van der Waals surface area contributed by atoms with Gasteiger partial charge in [-0.25, -0.2) is 0 Å². The third-order valence-electron chi connectivity index (χ3n) is 4.82. The summed E-state index contributed by atoms with van der Waals surface area (Å²) in [7, 11) is 1.28.